The van der Waals surface area contributed by atoms with Crippen molar-refractivity contribution in [1.82, 2.24) is 0 Å². The van der Waals surface area contributed by atoms with Crippen LogP contribution in [0.1, 0.15) is 22.8 Å². The standard InChI is InChI=1S/C24H18BrClN2O4S/c1-3-32-24(30)21-18(15-5-7-17(26)8-6-15)13-33-23(21)28-22(29)16(12-27)10-14-4-9-20(31-2)19(25)11-14/h4-11,13H,3H2,1-2H3,(H,28,29). The van der Waals surface area contributed by atoms with E-state index in [0.29, 0.717) is 31.4 Å². The number of methoxy groups -OCH3 is 1. The van der Waals surface area contributed by atoms with Gasteiger partial charge in [0, 0.05) is 16.0 Å². The molecule has 0 aliphatic carbocycles. The Bertz CT molecular complexity index is 1260. The summed E-state index contributed by atoms with van der Waals surface area (Å²) in [6, 6.07) is 14.1. The molecule has 6 nitrogen and oxygen atoms in total. The van der Waals surface area contributed by atoms with Crippen molar-refractivity contribution in [3.8, 4) is 22.9 Å². The lowest BCUT2D eigenvalue weighted by Crippen LogP contribution is -2.16. The van der Waals surface area contributed by atoms with Crippen molar-refractivity contribution in [2.45, 2.75) is 6.92 Å². The van der Waals surface area contributed by atoms with Gasteiger partial charge in [0.25, 0.3) is 5.91 Å². The van der Waals surface area contributed by atoms with Gasteiger partial charge in [-0.05, 0) is 64.3 Å². The maximum Gasteiger partial charge on any atom is 0.341 e. The monoisotopic (exact) mass is 544 g/mol. The molecule has 0 fully saturated rings. The van der Waals surface area contributed by atoms with Gasteiger partial charge in [-0.2, -0.15) is 5.26 Å². The van der Waals surface area contributed by atoms with E-state index in [1.54, 1.807) is 61.9 Å². The summed E-state index contributed by atoms with van der Waals surface area (Å²) in [4.78, 5) is 25.6. The fourth-order valence-electron chi connectivity index (χ4n) is 2.96. The number of esters is 1. The number of hydrogen-bond donors (Lipinski definition) is 1. The third kappa shape index (κ3) is 5.82. The maximum absolute atomic E-state index is 12.9. The summed E-state index contributed by atoms with van der Waals surface area (Å²) in [5, 5.41) is 14.9. The van der Waals surface area contributed by atoms with E-state index in [1.807, 2.05) is 6.07 Å². The van der Waals surface area contributed by atoms with E-state index in [-0.39, 0.29) is 17.7 Å². The molecule has 0 atom stereocenters. The largest absolute Gasteiger partial charge is 0.496 e. The van der Waals surface area contributed by atoms with E-state index in [0.717, 1.165) is 5.56 Å². The van der Waals surface area contributed by atoms with Crippen LogP contribution in [0.5, 0.6) is 5.75 Å². The molecule has 3 rings (SSSR count). The number of thiophene rings is 1. The van der Waals surface area contributed by atoms with Gasteiger partial charge in [0.15, 0.2) is 0 Å². The summed E-state index contributed by atoms with van der Waals surface area (Å²) in [6.07, 6.45) is 1.46. The van der Waals surface area contributed by atoms with Crippen LogP contribution in [-0.2, 0) is 9.53 Å². The number of ether oxygens (including phenoxy) is 2. The highest BCUT2D eigenvalue weighted by atomic mass is 79.9. The minimum Gasteiger partial charge on any atom is -0.496 e. The summed E-state index contributed by atoms with van der Waals surface area (Å²) in [5.41, 5.74) is 2.09. The Hall–Kier alpha value is -3.12. The quantitative estimate of drug-likeness (QED) is 0.206. The summed E-state index contributed by atoms with van der Waals surface area (Å²) < 4.78 is 11.1. The van der Waals surface area contributed by atoms with Gasteiger partial charge in [-0.25, -0.2) is 4.79 Å². The van der Waals surface area contributed by atoms with E-state index in [9.17, 15) is 14.9 Å². The van der Waals surface area contributed by atoms with E-state index < -0.39 is 11.9 Å². The molecule has 0 saturated heterocycles. The molecule has 0 saturated carbocycles. The summed E-state index contributed by atoms with van der Waals surface area (Å²) in [7, 11) is 1.55. The Morgan fingerprint density at radius 1 is 1.24 bits per heavy atom. The molecule has 0 unspecified atom stereocenters. The highest BCUT2D eigenvalue weighted by Gasteiger charge is 2.23. The van der Waals surface area contributed by atoms with Crippen molar-refractivity contribution in [2.75, 3.05) is 19.0 Å². The van der Waals surface area contributed by atoms with Crippen molar-refractivity contribution in [3.63, 3.8) is 0 Å². The van der Waals surface area contributed by atoms with Gasteiger partial charge in [-0.15, -0.1) is 11.3 Å². The minimum atomic E-state index is -0.639. The second-order valence-corrected chi connectivity index (χ2v) is 8.77. The molecule has 9 heteroatoms. The normalized spacial score (nSPS) is 10.9. The lowest BCUT2D eigenvalue weighted by molar-refractivity contribution is -0.112. The Balaban J connectivity index is 1.95. The summed E-state index contributed by atoms with van der Waals surface area (Å²) >= 11 is 10.5. The minimum absolute atomic E-state index is 0.122. The Labute approximate surface area is 208 Å². The molecule has 1 aromatic heterocycles. The lowest BCUT2D eigenvalue weighted by atomic mass is 10.0. The molecule has 1 N–H and O–H groups in total. The highest BCUT2D eigenvalue weighted by Crippen LogP contribution is 2.37. The highest BCUT2D eigenvalue weighted by molar-refractivity contribution is 9.10. The Morgan fingerprint density at radius 3 is 2.58 bits per heavy atom. The van der Waals surface area contributed by atoms with Gasteiger partial charge in [0.05, 0.1) is 18.2 Å². The number of halogens is 2. The van der Waals surface area contributed by atoms with Gasteiger partial charge >= 0.3 is 5.97 Å². The smallest absolute Gasteiger partial charge is 0.341 e. The second kappa shape index (κ2) is 11.1. The third-order valence-corrected chi connectivity index (χ3v) is 6.27. The van der Waals surface area contributed by atoms with Gasteiger partial charge in [0.1, 0.15) is 28.0 Å². The van der Waals surface area contributed by atoms with E-state index in [2.05, 4.69) is 21.2 Å². The molecule has 2 aromatic carbocycles. The number of carbonyl (C=O) groups excluding carboxylic acids is 2. The van der Waals surface area contributed by atoms with Crippen LogP contribution < -0.4 is 10.1 Å². The number of benzene rings is 2. The van der Waals surface area contributed by atoms with Gasteiger partial charge in [-0.1, -0.05) is 29.8 Å². The van der Waals surface area contributed by atoms with E-state index >= 15 is 0 Å². The third-order valence-electron chi connectivity index (χ3n) is 4.50. The molecule has 3 aromatic rings. The van der Waals surface area contributed by atoms with Crippen molar-refractivity contribution in [1.29, 1.82) is 5.26 Å². The first-order valence-electron chi connectivity index (χ1n) is 9.69. The van der Waals surface area contributed by atoms with Crippen LogP contribution in [0.25, 0.3) is 17.2 Å². The maximum atomic E-state index is 12.9. The number of anilines is 1. The van der Waals surface area contributed by atoms with Crippen LogP contribution in [0, 0.1) is 11.3 Å². The zero-order chi connectivity index (χ0) is 24.0. The SMILES string of the molecule is CCOC(=O)c1c(-c2ccc(Cl)cc2)csc1NC(=O)C(C#N)=Cc1ccc(OC)c(Br)c1. The average molecular weight is 546 g/mol. The fourth-order valence-corrected chi connectivity index (χ4v) is 4.59. The molecule has 0 aliphatic heterocycles. The van der Waals surface area contributed by atoms with Gasteiger partial charge in [0.2, 0.25) is 0 Å². The molecule has 168 valence electrons. The molecule has 0 radical (unpaired) electrons. The zero-order valence-electron chi connectivity index (χ0n) is 17.6. The number of amides is 1. The first kappa shape index (κ1) is 24.5. The molecule has 0 bridgehead atoms. The van der Waals surface area contributed by atoms with Crippen LogP contribution in [0.3, 0.4) is 0 Å². The van der Waals surface area contributed by atoms with Crippen LogP contribution in [0.15, 0.2) is 57.9 Å². The Morgan fingerprint density at radius 2 is 1.97 bits per heavy atom. The predicted octanol–water partition coefficient (Wildman–Crippen LogP) is 6.56. The first-order valence-corrected chi connectivity index (χ1v) is 11.7. The number of nitrogens with one attached hydrogen (secondary N) is 1. The van der Waals surface area contributed by atoms with Crippen molar-refractivity contribution in [2.24, 2.45) is 0 Å². The second-order valence-electron chi connectivity index (χ2n) is 6.60. The average Bonchev–Trinajstić information content (AvgIpc) is 3.21. The van der Waals surface area contributed by atoms with Crippen molar-refractivity contribution in [3.05, 3.63) is 74.0 Å². The van der Waals surface area contributed by atoms with Gasteiger partial charge < -0.3 is 14.8 Å². The van der Waals surface area contributed by atoms with Crippen LogP contribution in [-0.4, -0.2) is 25.6 Å². The molecular weight excluding hydrogens is 528 g/mol. The molecule has 1 amide bonds. The molecule has 1 heterocycles. The van der Waals surface area contributed by atoms with E-state index in [1.165, 1.54) is 17.4 Å². The van der Waals surface area contributed by atoms with E-state index in [4.69, 9.17) is 21.1 Å². The Kier molecular flexibility index (Phi) is 8.28. The first-order chi connectivity index (χ1) is 15.9. The lowest BCUT2D eigenvalue weighted by Gasteiger charge is -2.09. The molecular formula is C24H18BrClN2O4S. The van der Waals surface area contributed by atoms with Crippen LogP contribution >= 0.6 is 38.9 Å². The molecule has 33 heavy (non-hydrogen) atoms. The topological polar surface area (TPSA) is 88.4 Å². The molecule has 0 spiro atoms. The molecule has 0 aliphatic rings. The van der Waals surface area contributed by atoms with Crippen LogP contribution in [0.2, 0.25) is 5.02 Å². The van der Waals surface area contributed by atoms with Crippen LogP contribution in [0.4, 0.5) is 5.00 Å². The number of nitrogens with zero attached hydrogens (tertiary/aromatic N) is 1. The summed E-state index contributed by atoms with van der Waals surface area (Å²) in [5.74, 6) is -0.581. The van der Waals surface area contributed by atoms with Crippen molar-refractivity contribution < 1.29 is 19.1 Å². The number of nitriles is 1. The predicted molar refractivity (Wildman–Crippen MR) is 134 cm³/mol. The summed E-state index contributed by atoms with van der Waals surface area (Å²) in [6.45, 7) is 1.88. The number of rotatable bonds is 7. The zero-order valence-corrected chi connectivity index (χ0v) is 20.8. The fraction of sp³-hybridized carbons (Fsp3) is 0.125. The van der Waals surface area contributed by atoms with Gasteiger partial charge in [-0.3, -0.25) is 4.79 Å². The van der Waals surface area contributed by atoms with Crippen molar-refractivity contribution >= 4 is 61.8 Å². The number of carbonyl (C=O) groups is 2. The number of hydrogen-bond acceptors (Lipinski definition) is 6.